The summed E-state index contributed by atoms with van der Waals surface area (Å²) in [7, 11) is 0. The van der Waals surface area contributed by atoms with Crippen LogP contribution in [0.15, 0.2) is 12.1 Å². The van der Waals surface area contributed by atoms with Crippen molar-refractivity contribution in [3.8, 4) is 5.75 Å². The number of carboxylic acid groups (broad SMARTS) is 1. The number of anilines is 1. The van der Waals surface area contributed by atoms with Gasteiger partial charge in [0.2, 0.25) is 5.91 Å². The van der Waals surface area contributed by atoms with E-state index >= 15 is 0 Å². The van der Waals surface area contributed by atoms with Crippen LogP contribution < -0.4 is 9.64 Å². The van der Waals surface area contributed by atoms with Crippen molar-refractivity contribution < 1.29 is 28.2 Å². The molecule has 1 aliphatic heterocycles. The molecule has 1 aromatic carbocycles. The van der Waals surface area contributed by atoms with Crippen LogP contribution in [0.4, 0.5) is 19.3 Å². The minimum atomic E-state index is -3.04. The Kier molecular flexibility index (Phi) is 5.41. The molecule has 25 heavy (non-hydrogen) atoms. The summed E-state index contributed by atoms with van der Waals surface area (Å²) in [4.78, 5) is 26.4. The van der Waals surface area contributed by atoms with Crippen LogP contribution in [0.3, 0.4) is 0 Å². The molecular formula is C16H19ClF2N2O4. The number of nitrogens with zero attached hydrogens (tertiary/aromatic N) is 2. The second-order valence-electron chi connectivity index (χ2n) is 6.62. The summed E-state index contributed by atoms with van der Waals surface area (Å²) in [6.07, 6.45) is -0.712. The van der Waals surface area contributed by atoms with Crippen LogP contribution in [0.25, 0.3) is 0 Å². The van der Waals surface area contributed by atoms with E-state index in [1.54, 1.807) is 20.8 Å². The highest BCUT2D eigenvalue weighted by Gasteiger charge is 2.33. The monoisotopic (exact) mass is 376 g/mol. The Morgan fingerprint density at radius 3 is 2.56 bits per heavy atom. The minimum Gasteiger partial charge on any atom is -0.465 e. The van der Waals surface area contributed by atoms with Crippen molar-refractivity contribution in [2.24, 2.45) is 0 Å². The number of alkyl halides is 2. The maximum Gasteiger partial charge on any atom is 0.408 e. The van der Waals surface area contributed by atoms with Crippen molar-refractivity contribution in [2.75, 3.05) is 18.0 Å². The third kappa shape index (κ3) is 4.31. The Morgan fingerprint density at radius 1 is 1.40 bits per heavy atom. The van der Waals surface area contributed by atoms with Crippen LogP contribution in [0.1, 0.15) is 26.3 Å². The zero-order valence-corrected chi connectivity index (χ0v) is 14.8. The average Bonchev–Trinajstić information content (AvgIpc) is 2.85. The molecule has 1 heterocycles. The lowest BCUT2D eigenvalue weighted by Gasteiger charge is -2.33. The van der Waals surface area contributed by atoms with Gasteiger partial charge >= 0.3 is 12.7 Å². The topological polar surface area (TPSA) is 70.1 Å². The van der Waals surface area contributed by atoms with Crippen molar-refractivity contribution in [3.63, 3.8) is 0 Å². The van der Waals surface area contributed by atoms with Crippen LogP contribution in [-0.4, -0.2) is 47.2 Å². The van der Waals surface area contributed by atoms with E-state index in [0.29, 0.717) is 18.7 Å². The van der Waals surface area contributed by atoms with Crippen LogP contribution in [-0.2, 0) is 11.2 Å². The van der Waals surface area contributed by atoms with Crippen molar-refractivity contribution in [2.45, 2.75) is 39.3 Å². The van der Waals surface area contributed by atoms with E-state index < -0.39 is 24.2 Å². The molecule has 0 aromatic heterocycles. The molecule has 0 atom stereocenters. The molecule has 2 amide bonds. The molecule has 0 saturated heterocycles. The third-order valence-electron chi connectivity index (χ3n) is 3.88. The number of halogens is 3. The summed E-state index contributed by atoms with van der Waals surface area (Å²) in [6, 6.07) is 2.78. The highest BCUT2D eigenvalue weighted by molar-refractivity contribution is 6.32. The van der Waals surface area contributed by atoms with Gasteiger partial charge in [0.05, 0.1) is 10.7 Å². The molecule has 0 fully saturated rings. The van der Waals surface area contributed by atoms with E-state index in [9.17, 15) is 23.5 Å². The number of ether oxygens (including phenoxy) is 1. The first-order valence-corrected chi connectivity index (χ1v) is 7.96. The molecule has 6 nitrogen and oxygen atoms in total. The molecule has 1 aromatic rings. The predicted molar refractivity (Wildman–Crippen MR) is 88.6 cm³/mol. The molecule has 0 bridgehead atoms. The number of carbonyl (C=O) groups is 2. The second kappa shape index (κ2) is 7.03. The summed E-state index contributed by atoms with van der Waals surface area (Å²) in [5, 5.41) is 9.35. The van der Waals surface area contributed by atoms with Gasteiger partial charge in [0.25, 0.3) is 0 Å². The molecule has 0 aliphatic carbocycles. The normalized spacial score (nSPS) is 13.8. The Morgan fingerprint density at radius 2 is 2.04 bits per heavy atom. The van der Waals surface area contributed by atoms with Gasteiger partial charge in [-0.15, -0.1) is 0 Å². The average molecular weight is 377 g/mol. The fourth-order valence-corrected chi connectivity index (χ4v) is 2.88. The first-order chi connectivity index (χ1) is 11.5. The molecule has 9 heteroatoms. The van der Waals surface area contributed by atoms with E-state index in [1.807, 2.05) is 0 Å². The van der Waals surface area contributed by atoms with Gasteiger partial charge in [0.15, 0.2) is 0 Å². The molecule has 1 aliphatic rings. The van der Waals surface area contributed by atoms with Gasteiger partial charge in [-0.1, -0.05) is 11.6 Å². The first-order valence-electron chi connectivity index (χ1n) is 7.59. The highest BCUT2D eigenvalue weighted by atomic mass is 35.5. The summed E-state index contributed by atoms with van der Waals surface area (Å²) < 4.78 is 29.3. The molecule has 0 saturated carbocycles. The van der Waals surface area contributed by atoms with Gasteiger partial charge in [-0.2, -0.15) is 8.78 Å². The number of amides is 2. The first kappa shape index (κ1) is 19.2. The summed E-state index contributed by atoms with van der Waals surface area (Å²) in [5.41, 5.74) is 0.371. The number of hydrogen-bond donors (Lipinski definition) is 1. The lowest BCUT2D eigenvalue weighted by molar-refractivity contribution is -0.120. The quantitative estimate of drug-likeness (QED) is 0.871. The lowest BCUT2D eigenvalue weighted by atomic mass is 10.1. The highest BCUT2D eigenvalue weighted by Crippen LogP contribution is 2.38. The van der Waals surface area contributed by atoms with Crippen LogP contribution >= 0.6 is 11.6 Å². The molecule has 2 rings (SSSR count). The van der Waals surface area contributed by atoms with E-state index in [2.05, 4.69) is 4.74 Å². The Hall–Kier alpha value is -2.09. The van der Waals surface area contributed by atoms with E-state index in [1.165, 1.54) is 17.0 Å². The number of fused-ring (bicyclic) bond motifs is 1. The van der Waals surface area contributed by atoms with Crippen molar-refractivity contribution >= 4 is 29.3 Å². The maximum atomic E-state index is 12.6. The fourth-order valence-electron chi connectivity index (χ4n) is 2.65. The Bertz CT molecular complexity index is 691. The van der Waals surface area contributed by atoms with Crippen molar-refractivity contribution in [3.05, 3.63) is 22.7 Å². The lowest BCUT2D eigenvalue weighted by Crippen LogP contribution is -2.50. The van der Waals surface area contributed by atoms with Gasteiger partial charge in [-0.3, -0.25) is 9.69 Å². The number of hydrogen-bond acceptors (Lipinski definition) is 3. The Balaban J connectivity index is 2.26. The van der Waals surface area contributed by atoms with Gasteiger partial charge in [0, 0.05) is 18.2 Å². The molecular weight excluding hydrogens is 358 g/mol. The number of carbonyl (C=O) groups excluding carboxylic acids is 1. The standard InChI is InChI=1S/C16H19ClF2N2O4/c1-16(2,3)21(15(23)24)8-13(22)20-5-4-9-6-10(17)12(7-11(9)20)25-14(18)19/h6-7,14H,4-5,8H2,1-3H3,(H,23,24). The minimum absolute atomic E-state index is 0.0372. The van der Waals surface area contributed by atoms with Gasteiger partial charge < -0.3 is 14.7 Å². The zero-order chi connectivity index (χ0) is 18.9. The third-order valence-corrected chi connectivity index (χ3v) is 4.18. The molecule has 0 spiro atoms. The zero-order valence-electron chi connectivity index (χ0n) is 14.1. The predicted octanol–water partition coefficient (Wildman–Crippen LogP) is 3.61. The van der Waals surface area contributed by atoms with Gasteiger partial charge in [-0.05, 0) is 38.8 Å². The van der Waals surface area contributed by atoms with E-state index in [-0.39, 0.29) is 17.3 Å². The van der Waals surface area contributed by atoms with E-state index in [0.717, 1.165) is 10.5 Å². The summed E-state index contributed by atoms with van der Waals surface area (Å²) in [5.74, 6) is -0.664. The van der Waals surface area contributed by atoms with Crippen molar-refractivity contribution in [1.29, 1.82) is 0 Å². The molecule has 1 N–H and O–H groups in total. The molecule has 138 valence electrons. The SMILES string of the molecule is CC(C)(C)N(CC(=O)N1CCc2cc(Cl)c(OC(F)F)cc21)C(=O)O. The largest absolute Gasteiger partial charge is 0.465 e. The number of benzene rings is 1. The van der Waals surface area contributed by atoms with Gasteiger partial charge in [0.1, 0.15) is 12.3 Å². The van der Waals surface area contributed by atoms with Gasteiger partial charge in [-0.25, -0.2) is 4.79 Å². The summed E-state index contributed by atoms with van der Waals surface area (Å²) >= 11 is 5.92. The number of rotatable bonds is 4. The second-order valence-corrected chi connectivity index (χ2v) is 7.03. The molecule has 0 radical (unpaired) electrons. The van der Waals surface area contributed by atoms with Crippen molar-refractivity contribution in [1.82, 2.24) is 4.90 Å². The Labute approximate surface area is 148 Å². The van der Waals surface area contributed by atoms with Crippen LogP contribution in [0.2, 0.25) is 5.02 Å². The maximum absolute atomic E-state index is 12.6. The fraction of sp³-hybridized carbons (Fsp3) is 0.500. The van der Waals surface area contributed by atoms with Crippen LogP contribution in [0.5, 0.6) is 5.75 Å². The molecule has 0 unspecified atom stereocenters. The van der Waals surface area contributed by atoms with E-state index in [4.69, 9.17) is 11.6 Å². The van der Waals surface area contributed by atoms with Crippen LogP contribution in [0, 0.1) is 0 Å². The smallest absolute Gasteiger partial charge is 0.408 e. The summed E-state index contributed by atoms with van der Waals surface area (Å²) in [6.45, 7) is 1.98.